The van der Waals surface area contributed by atoms with Gasteiger partial charge in [0.25, 0.3) is 5.56 Å². The van der Waals surface area contributed by atoms with Crippen molar-refractivity contribution in [3.05, 3.63) is 56.4 Å². The molecule has 4 rings (SSSR count). The lowest BCUT2D eigenvalue weighted by molar-refractivity contribution is -0.113. The largest absolute Gasteiger partial charge is 0.325 e. The molecule has 2 N–H and O–H groups in total. The van der Waals surface area contributed by atoms with Crippen molar-refractivity contribution in [1.29, 1.82) is 0 Å². The molecule has 1 aliphatic rings. The topological polar surface area (TPSA) is 74.8 Å². The van der Waals surface area contributed by atoms with Crippen LogP contribution in [0.3, 0.4) is 0 Å². The van der Waals surface area contributed by atoms with Crippen molar-refractivity contribution in [2.75, 3.05) is 11.1 Å². The zero-order valence-corrected chi connectivity index (χ0v) is 16.1. The van der Waals surface area contributed by atoms with E-state index < -0.39 is 0 Å². The van der Waals surface area contributed by atoms with Gasteiger partial charge in [0.15, 0.2) is 0 Å². The number of amides is 1. The predicted octanol–water partition coefficient (Wildman–Crippen LogP) is 3.33. The first kappa shape index (κ1) is 17.8. The zero-order chi connectivity index (χ0) is 18.8. The Balaban J connectivity index is 1.38. The Morgan fingerprint density at radius 2 is 2.30 bits per heavy atom. The molecule has 0 aliphatic heterocycles. The molecule has 0 bridgehead atoms. The molecule has 0 fully saturated rings. The maximum atomic E-state index is 12.4. The molecule has 0 radical (unpaired) electrons. The number of anilines is 1. The number of carbonyl (C=O) groups is 1. The van der Waals surface area contributed by atoms with Crippen LogP contribution in [0.1, 0.15) is 28.2 Å². The van der Waals surface area contributed by atoms with E-state index in [2.05, 4.69) is 21.2 Å². The van der Waals surface area contributed by atoms with E-state index in [1.54, 1.807) is 29.5 Å². The highest BCUT2D eigenvalue weighted by Gasteiger charge is 2.21. The Morgan fingerprint density at radius 1 is 1.41 bits per heavy atom. The van der Waals surface area contributed by atoms with Crippen LogP contribution in [-0.4, -0.2) is 21.6 Å². The third-order valence-electron chi connectivity index (χ3n) is 4.41. The van der Waals surface area contributed by atoms with Crippen LogP contribution in [0.15, 0.2) is 29.1 Å². The van der Waals surface area contributed by atoms with Crippen LogP contribution in [0.2, 0.25) is 0 Å². The summed E-state index contributed by atoms with van der Waals surface area (Å²) < 4.78 is 0. The molecule has 136 valence electrons. The summed E-state index contributed by atoms with van der Waals surface area (Å²) in [6.45, 7) is 0. The van der Waals surface area contributed by atoms with Crippen LogP contribution in [0, 0.1) is 12.3 Å². The summed E-state index contributed by atoms with van der Waals surface area (Å²) in [4.78, 5) is 34.1. The van der Waals surface area contributed by atoms with Crippen LogP contribution in [0.25, 0.3) is 10.2 Å². The van der Waals surface area contributed by atoms with E-state index in [0.717, 1.165) is 35.0 Å². The molecule has 0 spiro atoms. The minimum Gasteiger partial charge on any atom is -0.325 e. The number of H-pyrrole nitrogens is 1. The minimum absolute atomic E-state index is 0.0643. The number of hydrogen-bond donors (Lipinski definition) is 2. The Labute approximate surface area is 164 Å². The second-order valence-corrected chi connectivity index (χ2v) is 8.39. The highest BCUT2D eigenvalue weighted by molar-refractivity contribution is 7.99. The Hall–Kier alpha value is -2.56. The van der Waals surface area contributed by atoms with E-state index in [9.17, 15) is 9.59 Å². The molecule has 0 unspecified atom stereocenters. The summed E-state index contributed by atoms with van der Waals surface area (Å²) in [5.74, 6) is 3.78. The number of fused-ring (bicyclic) bond motifs is 3. The average Bonchev–Trinajstić information content (AvgIpc) is 3.22. The third kappa shape index (κ3) is 3.77. The fourth-order valence-corrected chi connectivity index (χ4v) is 5.21. The van der Waals surface area contributed by atoms with Crippen LogP contribution in [-0.2, 0) is 23.4 Å². The van der Waals surface area contributed by atoms with Gasteiger partial charge >= 0.3 is 0 Å². The Kier molecular flexibility index (Phi) is 5.01. The van der Waals surface area contributed by atoms with Gasteiger partial charge in [-0.15, -0.1) is 29.5 Å². The van der Waals surface area contributed by atoms with Crippen LogP contribution in [0.5, 0.6) is 0 Å². The lowest BCUT2D eigenvalue weighted by atomic mass is 10.2. The van der Waals surface area contributed by atoms with Gasteiger partial charge in [0, 0.05) is 16.1 Å². The van der Waals surface area contributed by atoms with Gasteiger partial charge in [0.2, 0.25) is 5.91 Å². The normalized spacial score (nSPS) is 12.7. The number of benzene rings is 1. The first-order valence-corrected chi connectivity index (χ1v) is 10.6. The minimum atomic E-state index is -0.118. The quantitative estimate of drug-likeness (QED) is 0.650. The maximum absolute atomic E-state index is 12.4. The predicted molar refractivity (Wildman–Crippen MR) is 111 cm³/mol. The molecule has 2 heterocycles. The number of terminal acetylenes is 1. The van der Waals surface area contributed by atoms with Gasteiger partial charge in [-0.25, -0.2) is 4.98 Å². The average molecular weight is 396 g/mol. The molecule has 3 aromatic rings. The number of rotatable bonds is 5. The lowest BCUT2D eigenvalue weighted by Gasteiger charge is -2.06. The number of aromatic nitrogens is 2. The Bertz CT molecular complexity index is 1120. The van der Waals surface area contributed by atoms with Gasteiger partial charge in [-0.3, -0.25) is 9.59 Å². The SMILES string of the molecule is C#Cc1cccc(NC(=O)CSCc2nc3sc4c(c3c(=O)[nH]2)CCC4)c1. The number of nitrogens with one attached hydrogen (secondary N) is 2. The van der Waals surface area contributed by atoms with E-state index in [-0.39, 0.29) is 17.2 Å². The number of aryl methyl sites for hydroxylation is 2. The maximum Gasteiger partial charge on any atom is 0.259 e. The summed E-state index contributed by atoms with van der Waals surface area (Å²) >= 11 is 3.04. The van der Waals surface area contributed by atoms with E-state index in [1.807, 2.05) is 6.07 Å². The molecule has 7 heteroatoms. The molecule has 1 aliphatic carbocycles. The molecule has 0 saturated carbocycles. The van der Waals surface area contributed by atoms with Crippen LogP contribution in [0.4, 0.5) is 5.69 Å². The molecule has 1 amide bonds. The number of carbonyl (C=O) groups excluding carboxylic acids is 1. The van der Waals surface area contributed by atoms with Gasteiger partial charge in [-0.1, -0.05) is 12.0 Å². The van der Waals surface area contributed by atoms with E-state index in [4.69, 9.17) is 6.42 Å². The van der Waals surface area contributed by atoms with Gasteiger partial charge in [0.1, 0.15) is 10.7 Å². The lowest BCUT2D eigenvalue weighted by Crippen LogP contribution is -2.15. The highest BCUT2D eigenvalue weighted by atomic mass is 32.2. The second kappa shape index (κ2) is 7.59. The molecular formula is C20H17N3O2S2. The van der Waals surface area contributed by atoms with Gasteiger partial charge in [0.05, 0.1) is 16.9 Å². The van der Waals surface area contributed by atoms with E-state index in [1.165, 1.54) is 22.2 Å². The van der Waals surface area contributed by atoms with Crippen LogP contribution >= 0.6 is 23.1 Å². The summed E-state index contributed by atoms with van der Waals surface area (Å²) in [5.41, 5.74) is 2.51. The molecule has 1 aromatic carbocycles. The molecule has 2 aromatic heterocycles. The monoisotopic (exact) mass is 395 g/mol. The van der Waals surface area contributed by atoms with Crippen molar-refractivity contribution in [2.24, 2.45) is 0 Å². The number of thiophene rings is 1. The number of hydrogen-bond acceptors (Lipinski definition) is 5. The fourth-order valence-electron chi connectivity index (χ4n) is 3.24. The van der Waals surface area contributed by atoms with Crippen molar-refractivity contribution in [1.82, 2.24) is 9.97 Å². The first-order chi connectivity index (χ1) is 13.1. The van der Waals surface area contributed by atoms with Gasteiger partial charge in [-0.05, 0) is 43.0 Å². The fraction of sp³-hybridized carbons (Fsp3) is 0.250. The van der Waals surface area contributed by atoms with Crippen molar-refractivity contribution < 1.29 is 4.79 Å². The van der Waals surface area contributed by atoms with Crippen molar-refractivity contribution in [2.45, 2.75) is 25.0 Å². The second-order valence-electron chi connectivity index (χ2n) is 6.32. The molecule has 0 atom stereocenters. The van der Waals surface area contributed by atoms with Crippen molar-refractivity contribution in [3.8, 4) is 12.3 Å². The Morgan fingerprint density at radius 3 is 3.15 bits per heavy atom. The molecule has 0 saturated heterocycles. The molecule has 5 nitrogen and oxygen atoms in total. The highest BCUT2D eigenvalue weighted by Crippen LogP contribution is 2.34. The van der Waals surface area contributed by atoms with Crippen LogP contribution < -0.4 is 10.9 Å². The number of thioether (sulfide) groups is 1. The summed E-state index contributed by atoms with van der Waals surface area (Å²) in [6, 6.07) is 7.17. The van der Waals surface area contributed by atoms with Gasteiger partial charge < -0.3 is 10.3 Å². The van der Waals surface area contributed by atoms with Crippen molar-refractivity contribution >= 4 is 44.9 Å². The summed E-state index contributed by atoms with van der Waals surface area (Å²) in [7, 11) is 0. The van der Waals surface area contributed by atoms with E-state index >= 15 is 0 Å². The standard InChI is InChI=1S/C20H17N3O2S2/c1-2-12-5-3-6-13(9-12)21-17(24)11-26-10-16-22-19(25)18-14-7-4-8-15(14)27-20(18)23-16/h1,3,5-6,9H,4,7-8,10-11H2,(H,21,24)(H,22,23,25). The van der Waals surface area contributed by atoms with Crippen molar-refractivity contribution in [3.63, 3.8) is 0 Å². The van der Waals surface area contributed by atoms with E-state index in [0.29, 0.717) is 17.3 Å². The molecular weight excluding hydrogens is 378 g/mol. The smallest absolute Gasteiger partial charge is 0.259 e. The third-order valence-corrected chi connectivity index (χ3v) is 6.54. The first-order valence-electron chi connectivity index (χ1n) is 8.62. The molecule has 27 heavy (non-hydrogen) atoms. The summed E-state index contributed by atoms with van der Waals surface area (Å²) in [6.07, 6.45) is 8.50. The number of aromatic amines is 1. The summed E-state index contributed by atoms with van der Waals surface area (Å²) in [5, 5.41) is 3.58. The van der Waals surface area contributed by atoms with Gasteiger partial charge in [-0.2, -0.15) is 0 Å². The zero-order valence-electron chi connectivity index (χ0n) is 14.5. The number of nitrogens with zero attached hydrogens (tertiary/aromatic N) is 1.